The van der Waals surface area contributed by atoms with Crippen molar-refractivity contribution < 1.29 is 18.7 Å². The highest BCUT2D eigenvalue weighted by Crippen LogP contribution is 2.35. The summed E-state index contributed by atoms with van der Waals surface area (Å²) in [6.07, 6.45) is 2.50. The summed E-state index contributed by atoms with van der Waals surface area (Å²) in [5.41, 5.74) is 1.43. The quantitative estimate of drug-likeness (QED) is 0.301. The van der Waals surface area contributed by atoms with Crippen LogP contribution in [0.4, 0.5) is 9.18 Å². The summed E-state index contributed by atoms with van der Waals surface area (Å²) >= 11 is 9.97. The number of thioether (sulfide) groups is 1. The van der Waals surface area contributed by atoms with Gasteiger partial charge in [-0.3, -0.25) is 14.5 Å². The number of nitrogens with zero attached hydrogens (tertiary/aromatic N) is 3. The Labute approximate surface area is 194 Å². The maximum atomic E-state index is 13.8. The molecule has 0 spiro atoms. The lowest BCUT2D eigenvalue weighted by atomic mass is 10.2. The van der Waals surface area contributed by atoms with Crippen molar-refractivity contribution in [3.05, 3.63) is 86.3 Å². The molecule has 0 radical (unpaired) electrons. The van der Waals surface area contributed by atoms with Gasteiger partial charge in [0, 0.05) is 4.47 Å². The van der Waals surface area contributed by atoms with Crippen LogP contribution in [0, 0.1) is 5.82 Å². The number of rotatable bonds is 5. The molecule has 2 amide bonds. The predicted molar refractivity (Wildman–Crippen MR) is 119 cm³/mol. The molecule has 2 heterocycles. The highest BCUT2D eigenvalue weighted by molar-refractivity contribution is 9.10. The maximum absolute atomic E-state index is 13.8. The van der Waals surface area contributed by atoms with E-state index in [1.54, 1.807) is 30.3 Å². The Morgan fingerprint density at radius 3 is 2.81 bits per heavy atom. The first-order chi connectivity index (χ1) is 14.9. The maximum Gasteiger partial charge on any atom is 0.293 e. The molecule has 1 fully saturated rings. The number of imide groups is 1. The summed E-state index contributed by atoms with van der Waals surface area (Å²) in [7, 11) is 0. The van der Waals surface area contributed by atoms with Crippen molar-refractivity contribution in [2.75, 3.05) is 0 Å². The minimum atomic E-state index is -0.761. The Morgan fingerprint density at radius 2 is 2.00 bits per heavy atom. The van der Waals surface area contributed by atoms with Crippen LogP contribution >= 0.6 is 39.3 Å². The third-order valence-corrected chi connectivity index (χ3v) is 6.08. The van der Waals surface area contributed by atoms with Crippen molar-refractivity contribution in [3.63, 3.8) is 0 Å². The fourth-order valence-electron chi connectivity index (χ4n) is 2.77. The number of carbonyl (C=O) groups is 2. The van der Waals surface area contributed by atoms with E-state index in [2.05, 4.69) is 25.9 Å². The van der Waals surface area contributed by atoms with Gasteiger partial charge in [0.25, 0.3) is 17.0 Å². The topological polar surface area (TPSA) is 72.4 Å². The Hall–Kier alpha value is -2.75. The first-order valence-electron chi connectivity index (χ1n) is 8.85. The summed E-state index contributed by atoms with van der Waals surface area (Å²) in [4.78, 5) is 33.9. The predicted octanol–water partition coefficient (Wildman–Crippen LogP) is 6.06. The van der Waals surface area contributed by atoms with Gasteiger partial charge in [0.15, 0.2) is 0 Å². The van der Waals surface area contributed by atoms with Crippen LogP contribution in [0.5, 0.6) is 11.6 Å². The van der Waals surface area contributed by atoms with Gasteiger partial charge in [-0.2, -0.15) is 9.37 Å². The summed E-state index contributed by atoms with van der Waals surface area (Å²) in [6.45, 7) is 0.167. The number of amides is 2. The molecule has 0 aliphatic carbocycles. The number of ether oxygens (including phenoxy) is 1. The van der Waals surface area contributed by atoms with Crippen LogP contribution in [0.3, 0.4) is 0 Å². The molecule has 6 nitrogen and oxygen atoms in total. The highest BCUT2D eigenvalue weighted by Gasteiger charge is 2.35. The normalized spacial score (nSPS) is 15.1. The molecule has 10 heteroatoms. The second kappa shape index (κ2) is 9.17. The third-order valence-electron chi connectivity index (χ3n) is 4.21. The molecule has 0 bridgehead atoms. The van der Waals surface area contributed by atoms with Crippen molar-refractivity contribution in [1.29, 1.82) is 0 Å². The molecule has 0 atom stereocenters. The van der Waals surface area contributed by atoms with Gasteiger partial charge in [-0.15, -0.1) is 0 Å². The van der Waals surface area contributed by atoms with Crippen LogP contribution in [0.15, 0.2) is 64.1 Å². The summed E-state index contributed by atoms with van der Waals surface area (Å²) in [5, 5.41) is -0.497. The van der Waals surface area contributed by atoms with E-state index in [4.69, 9.17) is 16.3 Å². The van der Waals surface area contributed by atoms with Gasteiger partial charge in [0.1, 0.15) is 5.75 Å². The molecule has 1 aliphatic rings. The molecule has 31 heavy (non-hydrogen) atoms. The zero-order chi connectivity index (χ0) is 22.0. The van der Waals surface area contributed by atoms with E-state index in [1.807, 2.05) is 24.3 Å². The van der Waals surface area contributed by atoms with Crippen molar-refractivity contribution in [3.8, 4) is 11.6 Å². The molecule has 1 aliphatic heterocycles. The van der Waals surface area contributed by atoms with Crippen molar-refractivity contribution >= 4 is 56.5 Å². The summed E-state index contributed by atoms with van der Waals surface area (Å²) < 4.78 is 20.1. The average molecular weight is 521 g/mol. The average Bonchev–Trinajstić information content (AvgIpc) is 3.00. The first-order valence-corrected chi connectivity index (χ1v) is 10.8. The largest absolute Gasteiger partial charge is 0.436 e. The Bertz CT molecular complexity index is 1220. The van der Waals surface area contributed by atoms with Gasteiger partial charge in [-0.05, 0) is 58.8 Å². The van der Waals surface area contributed by atoms with Crippen LogP contribution in [0.1, 0.15) is 11.1 Å². The molecule has 0 unspecified atom stereocenters. The minimum absolute atomic E-state index is 0.147. The zero-order valence-electron chi connectivity index (χ0n) is 15.6. The molecule has 0 N–H and O–H groups in total. The van der Waals surface area contributed by atoms with Crippen LogP contribution in [-0.4, -0.2) is 26.0 Å². The van der Waals surface area contributed by atoms with Crippen LogP contribution in [0.25, 0.3) is 6.08 Å². The number of halogens is 3. The molecule has 3 aromatic rings. The van der Waals surface area contributed by atoms with Crippen molar-refractivity contribution in [2.45, 2.75) is 6.54 Å². The van der Waals surface area contributed by atoms with Gasteiger partial charge in [0.2, 0.25) is 11.1 Å². The molecule has 4 rings (SSSR count). The van der Waals surface area contributed by atoms with E-state index in [1.165, 1.54) is 4.90 Å². The smallest absolute Gasteiger partial charge is 0.293 e. The van der Waals surface area contributed by atoms with Gasteiger partial charge >= 0.3 is 0 Å². The molecule has 0 saturated carbocycles. The Kier molecular flexibility index (Phi) is 6.35. The SMILES string of the molecule is O=C1S/C(=C\c2cccc(Oc3nc(Cl)ncc3F)c2)C(=O)N1Cc1ccccc1Br. The van der Waals surface area contributed by atoms with Crippen molar-refractivity contribution in [2.24, 2.45) is 0 Å². The van der Waals surface area contributed by atoms with Gasteiger partial charge in [0.05, 0.1) is 17.6 Å². The molecule has 156 valence electrons. The summed E-state index contributed by atoms with van der Waals surface area (Å²) in [5.74, 6) is -1.17. The highest BCUT2D eigenvalue weighted by atomic mass is 79.9. The monoisotopic (exact) mass is 519 g/mol. The standard InChI is InChI=1S/C21H12BrClFN3O3S/c22-15-7-2-1-5-13(15)11-27-19(28)17(31-21(27)29)9-12-4-3-6-14(8-12)30-18-16(24)10-25-20(23)26-18/h1-10H,11H2/b17-9-. The van der Waals surface area contributed by atoms with Gasteiger partial charge < -0.3 is 4.74 Å². The molecular weight excluding hydrogens is 509 g/mol. The van der Waals surface area contributed by atoms with Crippen LogP contribution in [0.2, 0.25) is 5.28 Å². The second-order valence-electron chi connectivity index (χ2n) is 6.33. The second-order valence-corrected chi connectivity index (χ2v) is 8.51. The Morgan fingerprint density at radius 1 is 1.19 bits per heavy atom. The van der Waals surface area contributed by atoms with Gasteiger partial charge in [-0.25, -0.2) is 4.98 Å². The van der Waals surface area contributed by atoms with E-state index in [0.717, 1.165) is 28.0 Å². The number of aromatic nitrogens is 2. The lowest BCUT2D eigenvalue weighted by molar-refractivity contribution is -0.123. The lowest BCUT2D eigenvalue weighted by Crippen LogP contribution is -2.27. The molecule has 2 aromatic carbocycles. The number of benzene rings is 2. The summed E-state index contributed by atoms with van der Waals surface area (Å²) in [6, 6.07) is 14.0. The zero-order valence-corrected chi connectivity index (χ0v) is 18.7. The number of hydrogen-bond acceptors (Lipinski definition) is 6. The van der Waals surface area contributed by atoms with Crippen molar-refractivity contribution in [1.82, 2.24) is 14.9 Å². The van der Waals surface area contributed by atoms with E-state index in [-0.39, 0.29) is 39.5 Å². The molecular formula is C21H12BrClFN3O3S. The van der Waals surface area contributed by atoms with E-state index in [0.29, 0.717) is 5.56 Å². The fraction of sp³-hybridized carbons (Fsp3) is 0.0476. The van der Waals surface area contributed by atoms with Crippen LogP contribution in [-0.2, 0) is 11.3 Å². The fourth-order valence-corrected chi connectivity index (χ4v) is 4.14. The number of hydrogen-bond donors (Lipinski definition) is 0. The minimum Gasteiger partial charge on any atom is -0.436 e. The van der Waals surface area contributed by atoms with Gasteiger partial charge in [-0.1, -0.05) is 46.3 Å². The van der Waals surface area contributed by atoms with E-state index in [9.17, 15) is 14.0 Å². The van der Waals surface area contributed by atoms with E-state index < -0.39 is 5.82 Å². The first kappa shape index (κ1) is 21.5. The lowest BCUT2D eigenvalue weighted by Gasteiger charge is -2.13. The molecule has 1 saturated heterocycles. The number of carbonyl (C=O) groups excluding carboxylic acids is 2. The van der Waals surface area contributed by atoms with Crippen LogP contribution < -0.4 is 4.74 Å². The Balaban J connectivity index is 1.54. The molecule has 1 aromatic heterocycles. The van der Waals surface area contributed by atoms with E-state index >= 15 is 0 Å². The third kappa shape index (κ3) is 4.95.